The summed E-state index contributed by atoms with van der Waals surface area (Å²) in [5.41, 5.74) is 0.294. The van der Waals surface area contributed by atoms with Gasteiger partial charge in [0.25, 0.3) is 5.91 Å². The number of nitrogens with two attached hydrogens (primary N) is 1. The molecule has 1 aromatic carbocycles. The van der Waals surface area contributed by atoms with Crippen molar-refractivity contribution in [3.63, 3.8) is 0 Å². The number of primary sulfonamides is 1. The molecular formula is C13H16BrClN2O3S. The first kappa shape index (κ1) is 16.7. The van der Waals surface area contributed by atoms with Crippen LogP contribution in [0.1, 0.15) is 30.6 Å². The van der Waals surface area contributed by atoms with Crippen LogP contribution >= 0.6 is 27.5 Å². The van der Waals surface area contributed by atoms with Gasteiger partial charge in [0.05, 0.1) is 14.4 Å². The second-order valence-corrected chi connectivity index (χ2v) is 8.69. The summed E-state index contributed by atoms with van der Waals surface area (Å²) < 4.78 is 23.3. The van der Waals surface area contributed by atoms with Gasteiger partial charge < -0.3 is 4.90 Å². The number of likely N-dealkylation sites (tertiary alicyclic amines) is 1. The van der Waals surface area contributed by atoms with Crippen molar-refractivity contribution in [3.8, 4) is 0 Å². The van der Waals surface area contributed by atoms with E-state index in [0.717, 1.165) is 6.42 Å². The molecule has 0 bridgehead atoms. The van der Waals surface area contributed by atoms with E-state index in [0.29, 0.717) is 13.1 Å². The van der Waals surface area contributed by atoms with E-state index in [2.05, 4.69) is 29.8 Å². The molecule has 8 heteroatoms. The van der Waals surface area contributed by atoms with E-state index >= 15 is 0 Å². The number of rotatable bonds is 2. The molecule has 1 aliphatic heterocycles. The molecule has 1 fully saturated rings. The lowest BCUT2D eigenvalue weighted by molar-refractivity contribution is 0.0778. The van der Waals surface area contributed by atoms with Crippen LogP contribution in [0.25, 0.3) is 0 Å². The Bertz CT molecular complexity index is 704. The molecule has 2 rings (SSSR count). The van der Waals surface area contributed by atoms with E-state index in [4.69, 9.17) is 16.7 Å². The lowest BCUT2D eigenvalue weighted by Gasteiger charge is -2.20. The number of benzene rings is 1. The van der Waals surface area contributed by atoms with Crippen LogP contribution in [0.15, 0.2) is 21.5 Å². The lowest BCUT2D eigenvalue weighted by atomic mass is 9.93. The highest BCUT2D eigenvalue weighted by Gasteiger charge is 2.33. The average molecular weight is 396 g/mol. The van der Waals surface area contributed by atoms with Crippen molar-refractivity contribution >= 4 is 43.5 Å². The highest BCUT2D eigenvalue weighted by atomic mass is 79.9. The fourth-order valence-electron chi connectivity index (χ4n) is 2.36. The van der Waals surface area contributed by atoms with Crippen molar-refractivity contribution in [1.29, 1.82) is 0 Å². The maximum atomic E-state index is 12.5. The third-order valence-electron chi connectivity index (χ3n) is 3.51. The van der Waals surface area contributed by atoms with Crippen LogP contribution in [0, 0.1) is 5.41 Å². The van der Waals surface area contributed by atoms with E-state index in [1.165, 1.54) is 12.1 Å². The number of sulfonamides is 1. The lowest BCUT2D eigenvalue weighted by Crippen LogP contribution is -2.30. The van der Waals surface area contributed by atoms with Gasteiger partial charge in [0.15, 0.2) is 0 Å². The quantitative estimate of drug-likeness (QED) is 0.836. The van der Waals surface area contributed by atoms with Crippen LogP contribution in [0.3, 0.4) is 0 Å². The zero-order valence-electron chi connectivity index (χ0n) is 11.7. The first-order chi connectivity index (χ1) is 9.51. The Morgan fingerprint density at radius 3 is 2.52 bits per heavy atom. The van der Waals surface area contributed by atoms with Gasteiger partial charge in [-0.2, -0.15) is 0 Å². The Labute approximate surface area is 137 Å². The normalized spacial score (nSPS) is 18.0. The van der Waals surface area contributed by atoms with Crippen LogP contribution in [-0.4, -0.2) is 32.3 Å². The van der Waals surface area contributed by atoms with Gasteiger partial charge in [0.1, 0.15) is 0 Å². The third-order valence-corrected chi connectivity index (χ3v) is 6.09. The molecule has 1 saturated heterocycles. The monoisotopic (exact) mass is 394 g/mol. The fourth-order valence-corrected chi connectivity index (χ4v) is 4.19. The summed E-state index contributed by atoms with van der Waals surface area (Å²) in [6, 6.07) is 2.72. The zero-order chi connectivity index (χ0) is 16.0. The Balaban J connectivity index is 2.42. The standard InChI is InChI=1S/C13H16BrClN2O3S/c1-13(2)3-4-17(7-13)12(18)8-5-9(15)11(14)10(6-8)21(16,19)20/h5-6H,3-4,7H2,1-2H3,(H2,16,19,20). The number of hydrogen-bond acceptors (Lipinski definition) is 3. The average Bonchev–Trinajstić information content (AvgIpc) is 2.70. The Kier molecular flexibility index (Phi) is 4.41. The molecule has 1 aliphatic rings. The predicted octanol–water partition coefficient (Wildman–Crippen LogP) is 2.62. The van der Waals surface area contributed by atoms with Gasteiger partial charge in [-0.05, 0) is 39.9 Å². The maximum Gasteiger partial charge on any atom is 0.253 e. The first-order valence-corrected chi connectivity index (χ1v) is 9.04. The number of carbonyl (C=O) groups excluding carboxylic acids is 1. The van der Waals surface area contributed by atoms with Gasteiger partial charge in [-0.3, -0.25) is 4.79 Å². The highest BCUT2D eigenvalue weighted by Crippen LogP contribution is 2.33. The molecule has 0 aliphatic carbocycles. The summed E-state index contributed by atoms with van der Waals surface area (Å²) >= 11 is 9.08. The number of hydrogen-bond donors (Lipinski definition) is 1. The van der Waals surface area contributed by atoms with Crippen molar-refractivity contribution < 1.29 is 13.2 Å². The fraction of sp³-hybridized carbons (Fsp3) is 0.462. The maximum absolute atomic E-state index is 12.5. The Morgan fingerprint density at radius 2 is 2.05 bits per heavy atom. The predicted molar refractivity (Wildman–Crippen MR) is 84.8 cm³/mol. The molecule has 0 aromatic heterocycles. The second-order valence-electron chi connectivity index (χ2n) is 5.96. The number of carbonyl (C=O) groups is 1. The summed E-state index contributed by atoms with van der Waals surface area (Å²) in [6.07, 6.45) is 0.908. The molecule has 0 atom stereocenters. The largest absolute Gasteiger partial charge is 0.338 e. The van der Waals surface area contributed by atoms with E-state index in [1.807, 2.05) is 0 Å². The minimum Gasteiger partial charge on any atom is -0.338 e. The molecule has 5 nitrogen and oxygen atoms in total. The molecule has 0 spiro atoms. The second kappa shape index (κ2) is 5.53. The van der Waals surface area contributed by atoms with Crippen molar-refractivity contribution in [1.82, 2.24) is 4.90 Å². The molecular weight excluding hydrogens is 380 g/mol. The van der Waals surface area contributed by atoms with Crippen LogP contribution in [-0.2, 0) is 10.0 Å². The smallest absolute Gasteiger partial charge is 0.253 e. The molecule has 1 heterocycles. The van der Waals surface area contributed by atoms with E-state index in [1.54, 1.807) is 4.90 Å². The van der Waals surface area contributed by atoms with Crippen molar-refractivity contribution in [2.45, 2.75) is 25.2 Å². The third kappa shape index (κ3) is 3.59. The summed E-state index contributed by atoms with van der Waals surface area (Å²) in [4.78, 5) is 14.0. The van der Waals surface area contributed by atoms with Crippen molar-refractivity contribution in [2.24, 2.45) is 10.6 Å². The zero-order valence-corrected chi connectivity index (χ0v) is 14.8. The Morgan fingerprint density at radius 1 is 1.43 bits per heavy atom. The SMILES string of the molecule is CC1(C)CCN(C(=O)c2cc(Cl)c(Br)c(S(N)(=O)=O)c2)C1. The van der Waals surface area contributed by atoms with Gasteiger partial charge in [-0.1, -0.05) is 25.4 Å². The summed E-state index contributed by atoms with van der Waals surface area (Å²) in [5, 5.41) is 5.29. The van der Waals surface area contributed by atoms with Gasteiger partial charge in [0.2, 0.25) is 10.0 Å². The highest BCUT2D eigenvalue weighted by molar-refractivity contribution is 9.10. The topological polar surface area (TPSA) is 80.5 Å². The van der Waals surface area contributed by atoms with Gasteiger partial charge in [-0.25, -0.2) is 13.6 Å². The summed E-state index contributed by atoms with van der Waals surface area (Å²) in [7, 11) is -3.96. The molecule has 1 amide bonds. The molecule has 0 radical (unpaired) electrons. The van der Waals surface area contributed by atoms with Crippen molar-refractivity contribution in [3.05, 3.63) is 27.2 Å². The minimum absolute atomic E-state index is 0.0671. The first-order valence-electron chi connectivity index (χ1n) is 6.32. The van der Waals surface area contributed by atoms with E-state index in [9.17, 15) is 13.2 Å². The van der Waals surface area contributed by atoms with Crippen LogP contribution < -0.4 is 5.14 Å². The van der Waals surface area contributed by atoms with E-state index in [-0.39, 0.29) is 31.3 Å². The molecule has 116 valence electrons. The van der Waals surface area contributed by atoms with Crippen LogP contribution in [0.4, 0.5) is 0 Å². The molecule has 21 heavy (non-hydrogen) atoms. The molecule has 2 N–H and O–H groups in total. The minimum atomic E-state index is -3.96. The number of amides is 1. The van der Waals surface area contributed by atoms with E-state index < -0.39 is 10.0 Å². The molecule has 0 unspecified atom stereocenters. The summed E-state index contributed by atoms with van der Waals surface area (Å²) in [6.45, 7) is 5.45. The molecule has 1 aromatic rings. The van der Waals surface area contributed by atoms with Gasteiger partial charge in [-0.15, -0.1) is 0 Å². The number of nitrogens with zero attached hydrogens (tertiary/aromatic N) is 1. The number of halogens is 2. The molecule has 0 saturated carbocycles. The van der Waals surface area contributed by atoms with Crippen LogP contribution in [0.5, 0.6) is 0 Å². The van der Waals surface area contributed by atoms with Gasteiger partial charge in [0, 0.05) is 18.7 Å². The van der Waals surface area contributed by atoms with Crippen molar-refractivity contribution in [2.75, 3.05) is 13.1 Å². The summed E-state index contributed by atoms with van der Waals surface area (Å²) in [5.74, 6) is -0.236. The van der Waals surface area contributed by atoms with Crippen LogP contribution in [0.2, 0.25) is 5.02 Å². The Hall–Kier alpha value is -0.630. The van der Waals surface area contributed by atoms with Gasteiger partial charge >= 0.3 is 0 Å².